The smallest absolute Gasteiger partial charge is 0.227 e. The van der Waals surface area contributed by atoms with Crippen molar-refractivity contribution >= 4 is 17.7 Å². The Bertz CT molecular complexity index is 372. The summed E-state index contributed by atoms with van der Waals surface area (Å²) >= 11 is 1.24. The summed E-state index contributed by atoms with van der Waals surface area (Å²) < 4.78 is 0. The van der Waals surface area contributed by atoms with Gasteiger partial charge in [0.05, 0.1) is 5.75 Å². The zero-order chi connectivity index (χ0) is 12.9. The minimum atomic E-state index is -0.364. The van der Waals surface area contributed by atoms with E-state index in [1.165, 1.54) is 11.8 Å². The molecule has 17 heavy (non-hydrogen) atoms. The number of amides is 1. The topological polar surface area (TPSA) is 80.9 Å². The molecule has 0 atom stereocenters. The molecular weight excluding hydrogens is 236 g/mol. The Labute approximate surface area is 106 Å². The maximum Gasteiger partial charge on any atom is 0.227 e. The number of thioether (sulfide) groups is 1. The maximum absolute atomic E-state index is 10.6. The van der Waals surface area contributed by atoms with E-state index in [-0.39, 0.29) is 17.2 Å². The fourth-order valence-electron chi connectivity index (χ4n) is 1.01. The minimum absolute atomic E-state index is 0.0688. The Balaban J connectivity index is 2.47. The van der Waals surface area contributed by atoms with Crippen molar-refractivity contribution in [1.29, 1.82) is 0 Å². The molecule has 0 fully saturated rings. The first-order valence-electron chi connectivity index (χ1n) is 5.34. The second-order valence-corrected chi connectivity index (χ2v) is 5.67. The van der Waals surface area contributed by atoms with Crippen molar-refractivity contribution in [2.45, 2.75) is 38.0 Å². The summed E-state index contributed by atoms with van der Waals surface area (Å²) in [7, 11) is 0. The molecule has 0 saturated carbocycles. The van der Waals surface area contributed by atoms with E-state index in [4.69, 9.17) is 5.73 Å². The van der Waals surface area contributed by atoms with Crippen LogP contribution in [0.3, 0.4) is 0 Å². The number of hydrogen-bond donors (Lipinski definition) is 2. The summed E-state index contributed by atoms with van der Waals surface area (Å²) in [6.45, 7) is 7.03. The normalized spacial score (nSPS) is 11.5. The second-order valence-electron chi connectivity index (χ2n) is 4.73. The summed E-state index contributed by atoms with van der Waals surface area (Å²) in [4.78, 5) is 18.9. The van der Waals surface area contributed by atoms with Crippen LogP contribution in [0.5, 0.6) is 0 Å². The molecule has 1 aromatic heterocycles. The van der Waals surface area contributed by atoms with Crippen LogP contribution in [0.2, 0.25) is 0 Å². The average molecular weight is 254 g/mol. The molecule has 0 unspecified atom stereocenters. The maximum atomic E-state index is 10.6. The molecule has 0 radical (unpaired) electrons. The first-order valence-corrected chi connectivity index (χ1v) is 6.32. The molecule has 0 aliphatic carbocycles. The van der Waals surface area contributed by atoms with Crippen molar-refractivity contribution in [2.24, 2.45) is 5.73 Å². The lowest BCUT2D eigenvalue weighted by atomic mass is 10.1. The van der Waals surface area contributed by atoms with Crippen LogP contribution in [0.1, 0.15) is 26.3 Å². The fourth-order valence-corrected chi connectivity index (χ4v) is 1.54. The van der Waals surface area contributed by atoms with Crippen LogP contribution in [-0.2, 0) is 11.3 Å². The van der Waals surface area contributed by atoms with Gasteiger partial charge in [-0.1, -0.05) is 11.8 Å². The van der Waals surface area contributed by atoms with Gasteiger partial charge in [0.1, 0.15) is 0 Å². The van der Waals surface area contributed by atoms with Crippen molar-refractivity contribution in [1.82, 2.24) is 15.3 Å². The summed E-state index contributed by atoms with van der Waals surface area (Å²) in [5.41, 5.74) is 6.13. The molecule has 1 aromatic rings. The molecule has 0 aromatic carbocycles. The van der Waals surface area contributed by atoms with E-state index in [2.05, 4.69) is 36.1 Å². The predicted molar refractivity (Wildman–Crippen MR) is 68.5 cm³/mol. The molecule has 1 heterocycles. The minimum Gasteiger partial charge on any atom is -0.369 e. The van der Waals surface area contributed by atoms with Crippen LogP contribution >= 0.6 is 11.8 Å². The van der Waals surface area contributed by atoms with Gasteiger partial charge in [0.2, 0.25) is 5.91 Å². The predicted octanol–water partition coefficient (Wildman–Crippen LogP) is 0.942. The zero-order valence-corrected chi connectivity index (χ0v) is 11.2. The van der Waals surface area contributed by atoms with Crippen LogP contribution < -0.4 is 11.1 Å². The van der Waals surface area contributed by atoms with E-state index in [1.54, 1.807) is 12.4 Å². The third-order valence-corrected chi connectivity index (χ3v) is 2.75. The number of primary amides is 1. The zero-order valence-electron chi connectivity index (χ0n) is 10.4. The van der Waals surface area contributed by atoms with Crippen molar-refractivity contribution in [2.75, 3.05) is 5.75 Å². The van der Waals surface area contributed by atoms with E-state index >= 15 is 0 Å². The standard InChI is InChI=1S/C11H18N4OS/c1-11(2,3)15-6-8-4-13-10(14-5-8)17-7-9(12)16/h4-5,15H,6-7H2,1-3H3,(H2,12,16). The van der Waals surface area contributed by atoms with Gasteiger partial charge in [0, 0.05) is 30.0 Å². The van der Waals surface area contributed by atoms with Crippen LogP contribution in [0.4, 0.5) is 0 Å². The van der Waals surface area contributed by atoms with E-state index < -0.39 is 0 Å². The molecule has 3 N–H and O–H groups in total. The van der Waals surface area contributed by atoms with Gasteiger partial charge in [-0.05, 0) is 20.8 Å². The van der Waals surface area contributed by atoms with Gasteiger partial charge in [-0.15, -0.1) is 0 Å². The highest BCUT2D eigenvalue weighted by atomic mass is 32.2. The molecule has 0 spiro atoms. The molecular formula is C11H18N4OS. The number of carbonyl (C=O) groups is 1. The average Bonchev–Trinajstić information content (AvgIpc) is 2.24. The Morgan fingerprint density at radius 3 is 2.47 bits per heavy atom. The van der Waals surface area contributed by atoms with Crippen LogP contribution in [0.25, 0.3) is 0 Å². The number of hydrogen-bond acceptors (Lipinski definition) is 5. The van der Waals surface area contributed by atoms with E-state index in [9.17, 15) is 4.79 Å². The number of nitrogens with one attached hydrogen (secondary N) is 1. The molecule has 0 aliphatic heterocycles. The highest BCUT2D eigenvalue weighted by molar-refractivity contribution is 7.99. The molecule has 0 bridgehead atoms. The Hall–Kier alpha value is -1.14. The van der Waals surface area contributed by atoms with Crippen LogP contribution in [0.15, 0.2) is 17.6 Å². The van der Waals surface area contributed by atoms with Gasteiger partial charge in [-0.2, -0.15) is 0 Å². The first-order chi connectivity index (χ1) is 7.87. The second kappa shape index (κ2) is 5.97. The lowest BCUT2D eigenvalue weighted by Crippen LogP contribution is -2.35. The van der Waals surface area contributed by atoms with Gasteiger partial charge < -0.3 is 11.1 Å². The highest BCUT2D eigenvalue weighted by Crippen LogP contribution is 2.11. The number of aromatic nitrogens is 2. The van der Waals surface area contributed by atoms with Crippen LogP contribution in [0, 0.1) is 0 Å². The molecule has 94 valence electrons. The largest absolute Gasteiger partial charge is 0.369 e. The van der Waals surface area contributed by atoms with Gasteiger partial charge in [0.25, 0.3) is 0 Å². The molecule has 0 saturated heterocycles. The number of nitrogens with two attached hydrogens (primary N) is 1. The SMILES string of the molecule is CC(C)(C)NCc1cnc(SCC(N)=O)nc1. The molecule has 6 heteroatoms. The lowest BCUT2D eigenvalue weighted by molar-refractivity contribution is -0.115. The lowest BCUT2D eigenvalue weighted by Gasteiger charge is -2.20. The first kappa shape index (κ1) is 13.9. The number of rotatable bonds is 5. The van der Waals surface area contributed by atoms with Crippen LogP contribution in [-0.4, -0.2) is 27.2 Å². The third-order valence-electron chi connectivity index (χ3n) is 1.85. The van der Waals surface area contributed by atoms with Crippen molar-refractivity contribution < 1.29 is 4.79 Å². The van der Waals surface area contributed by atoms with Gasteiger partial charge in [-0.3, -0.25) is 4.79 Å². The van der Waals surface area contributed by atoms with Crippen molar-refractivity contribution in [3.05, 3.63) is 18.0 Å². The highest BCUT2D eigenvalue weighted by Gasteiger charge is 2.08. The quantitative estimate of drug-likeness (QED) is 0.604. The Kier molecular flexibility index (Phi) is 4.89. The van der Waals surface area contributed by atoms with Gasteiger partial charge in [0.15, 0.2) is 5.16 Å². The van der Waals surface area contributed by atoms with E-state index in [0.29, 0.717) is 5.16 Å². The third kappa shape index (κ3) is 6.23. The monoisotopic (exact) mass is 254 g/mol. The fraction of sp³-hybridized carbons (Fsp3) is 0.545. The molecule has 0 aliphatic rings. The summed E-state index contributed by atoms with van der Waals surface area (Å²) in [6, 6.07) is 0. The summed E-state index contributed by atoms with van der Waals surface area (Å²) in [6.07, 6.45) is 3.52. The Morgan fingerprint density at radius 1 is 1.41 bits per heavy atom. The van der Waals surface area contributed by atoms with E-state index in [1.807, 2.05) is 0 Å². The number of nitrogens with zero attached hydrogens (tertiary/aromatic N) is 2. The summed E-state index contributed by atoms with van der Waals surface area (Å²) in [5.74, 6) is -0.156. The van der Waals surface area contributed by atoms with Gasteiger partial charge in [-0.25, -0.2) is 9.97 Å². The van der Waals surface area contributed by atoms with Crippen molar-refractivity contribution in [3.8, 4) is 0 Å². The molecule has 1 amide bonds. The molecule has 1 rings (SSSR count). The number of carbonyl (C=O) groups excluding carboxylic acids is 1. The van der Waals surface area contributed by atoms with E-state index in [0.717, 1.165) is 12.1 Å². The molecule has 5 nitrogen and oxygen atoms in total. The Morgan fingerprint density at radius 2 is 2.00 bits per heavy atom. The van der Waals surface area contributed by atoms with Crippen molar-refractivity contribution in [3.63, 3.8) is 0 Å². The summed E-state index contributed by atoms with van der Waals surface area (Å²) in [5, 5.41) is 3.92. The van der Waals surface area contributed by atoms with Gasteiger partial charge >= 0.3 is 0 Å².